The molecule has 3 aromatic rings. The molecule has 0 aliphatic carbocycles. The summed E-state index contributed by atoms with van der Waals surface area (Å²) in [4.78, 5) is 4.36. The Hall–Kier alpha value is -1.71. The Balaban J connectivity index is 2.46. The van der Waals surface area contributed by atoms with Crippen LogP contribution in [0.25, 0.3) is 16.7 Å². The van der Waals surface area contributed by atoms with E-state index in [0.717, 1.165) is 16.6 Å². The molecule has 0 bridgehead atoms. The molecule has 0 saturated heterocycles. The monoisotopic (exact) mass is 291 g/mol. The van der Waals surface area contributed by atoms with Crippen molar-refractivity contribution < 1.29 is 0 Å². The summed E-state index contributed by atoms with van der Waals surface area (Å²) in [5, 5.41) is 1.09. The molecule has 0 saturated carbocycles. The molecular formula is C14H11Cl2N3. The first-order valence-electron chi connectivity index (χ1n) is 5.77. The number of nitrogen functional groups attached to an aromatic ring is 1. The number of aryl methyl sites for hydroxylation is 1. The highest BCUT2D eigenvalue weighted by Crippen LogP contribution is 2.34. The molecule has 0 fully saturated rings. The van der Waals surface area contributed by atoms with Gasteiger partial charge in [0.25, 0.3) is 0 Å². The lowest BCUT2D eigenvalue weighted by atomic mass is 10.2. The average molecular weight is 292 g/mol. The van der Waals surface area contributed by atoms with Gasteiger partial charge in [-0.25, -0.2) is 4.98 Å². The normalized spacial score (nSPS) is 11.1. The molecule has 5 heteroatoms. The van der Waals surface area contributed by atoms with Crippen LogP contribution in [0.3, 0.4) is 0 Å². The smallest absolute Gasteiger partial charge is 0.206 e. The van der Waals surface area contributed by atoms with Gasteiger partial charge in [-0.2, -0.15) is 0 Å². The number of halogens is 2. The highest BCUT2D eigenvalue weighted by atomic mass is 35.5. The highest BCUT2D eigenvalue weighted by Gasteiger charge is 2.16. The Morgan fingerprint density at radius 1 is 1.05 bits per heavy atom. The number of para-hydroxylation sites is 2. The molecule has 0 radical (unpaired) electrons. The number of anilines is 1. The average Bonchev–Trinajstić information content (AvgIpc) is 2.67. The van der Waals surface area contributed by atoms with Gasteiger partial charge < -0.3 is 5.73 Å². The number of hydrogen-bond acceptors (Lipinski definition) is 2. The van der Waals surface area contributed by atoms with Crippen LogP contribution in [0.4, 0.5) is 5.95 Å². The van der Waals surface area contributed by atoms with Crippen molar-refractivity contribution >= 4 is 40.2 Å². The molecule has 0 atom stereocenters. The molecular weight excluding hydrogens is 281 g/mol. The Morgan fingerprint density at radius 3 is 2.37 bits per heavy atom. The van der Waals surface area contributed by atoms with Gasteiger partial charge in [-0.15, -0.1) is 0 Å². The first-order valence-corrected chi connectivity index (χ1v) is 6.53. The summed E-state index contributed by atoms with van der Waals surface area (Å²) in [6.07, 6.45) is 0. The van der Waals surface area contributed by atoms with E-state index >= 15 is 0 Å². The zero-order valence-electron chi connectivity index (χ0n) is 10.2. The van der Waals surface area contributed by atoms with Crippen molar-refractivity contribution in [3.8, 4) is 5.69 Å². The van der Waals surface area contributed by atoms with Crippen LogP contribution in [0, 0.1) is 6.92 Å². The molecule has 19 heavy (non-hydrogen) atoms. The molecule has 0 unspecified atom stereocenters. The number of rotatable bonds is 1. The second-order valence-electron chi connectivity index (χ2n) is 4.32. The Labute approximate surface area is 120 Å². The van der Waals surface area contributed by atoms with E-state index in [4.69, 9.17) is 28.9 Å². The zero-order valence-corrected chi connectivity index (χ0v) is 11.7. The first kappa shape index (κ1) is 12.3. The molecule has 3 rings (SSSR count). The van der Waals surface area contributed by atoms with Crippen molar-refractivity contribution in [2.24, 2.45) is 0 Å². The first-order chi connectivity index (χ1) is 9.09. The van der Waals surface area contributed by atoms with Crippen molar-refractivity contribution in [2.75, 3.05) is 5.73 Å². The lowest BCUT2D eigenvalue weighted by molar-refractivity contribution is 1.10. The fraction of sp³-hybridized carbons (Fsp3) is 0.0714. The van der Waals surface area contributed by atoms with E-state index in [-0.39, 0.29) is 0 Å². The Morgan fingerprint density at radius 2 is 1.68 bits per heavy atom. The van der Waals surface area contributed by atoms with Crippen molar-refractivity contribution in [2.45, 2.75) is 6.92 Å². The summed E-state index contributed by atoms with van der Waals surface area (Å²) in [7, 11) is 0. The Bertz CT molecular complexity index is 757. The summed E-state index contributed by atoms with van der Waals surface area (Å²) in [5.74, 6) is 0.374. The quantitative estimate of drug-likeness (QED) is 0.729. The maximum atomic E-state index is 6.26. The van der Waals surface area contributed by atoms with Crippen molar-refractivity contribution in [1.29, 1.82) is 0 Å². The molecule has 96 valence electrons. The fourth-order valence-corrected chi connectivity index (χ4v) is 2.81. The third kappa shape index (κ3) is 1.86. The second-order valence-corrected chi connectivity index (χ2v) is 5.13. The van der Waals surface area contributed by atoms with E-state index in [1.165, 1.54) is 0 Å². The van der Waals surface area contributed by atoms with E-state index < -0.39 is 0 Å². The summed E-state index contributed by atoms with van der Waals surface area (Å²) < 4.78 is 1.80. The SMILES string of the molecule is Cc1cccc2nc(N)n(-c3c(Cl)cccc3Cl)c12. The number of nitrogens with zero attached hydrogens (tertiary/aromatic N) is 2. The molecule has 2 N–H and O–H groups in total. The number of aromatic nitrogens is 2. The molecule has 0 aliphatic heterocycles. The summed E-state index contributed by atoms with van der Waals surface area (Å²) in [6.45, 7) is 2.00. The summed E-state index contributed by atoms with van der Waals surface area (Å²) in [5.41, 5.74) is 9.51. The second kappa shape index (κ2) is 4.44. The predicted molar refractivity (Wildman–Crippen MR) is 80.2 cm³/mol. The Kier molecular flexibility index (Phi) is 2.88. The van der Waals surface area contributed by atoms with Gasteiger partial charge in [0.15, 0.2) is 0 Å². The lowest BCUT2D eigenvalue weighted by Crippen LogP contribution is -2.02. The van der Waals surface area contributed by atoms with E-state index in [2.05, 4.69) is 4.98 Å². The molecule has 1 aromatic heterocycles. The molecule has 2 aromatic carbocycles. The molecule has 0 spiro atoms. The van der Waals surface area contributed by atoms with E-state index in [1.807, 2.05) is 25.1 Å². The minimum atomic E-state index is 0.374. The van der Waals surface area contributed by atoms with Gasteiger partial charge >= 0.3 is 0 Å². The molecule has 1 heterocycles. The van der Waals surface area contributed by atoms with E-state index in [0.29, 0.717) is 21.7 Å². The highest BCUT2D eigenvalue weighted by molar-refractivity contribution is 6.38. The summed E-state index contributed by atoms with van der Waals surface area (Å²) in [6, 6.07) is 11.2. The largest absolute Gasteiger partial charge is 0.369 e. The minimum absolute atomic E-state index is 0.374. The topological polar surface area (TPSA) is 43.8 Å². The maximum absolute atomic E-state index is 6.26. The number of nitrogens with two attached hydrogens (primary N) is 1. The van der Waals surface area contributed by atoms with Crippen LogP contribution in [0.1, 0.15) is 5.56 Å². The van der Waals surface area contributed by atoms with Crippen LogP contribution >= 0.6 is 23.2 Å². The van der Waals surface area contributed by atoms with Gasteiger partial charge in [0.2, 0.25) is 5.95 Å². The summed E-state index contributed by atoms with van der Waals surface area (Å²) >= 11 is 12.5. The number of imidazole rings is 1. The van der Waals surface area contributed by atoms with Crippen molar-refractivity contribution in [3.05, 3.63) is 52.0 Å². The lowest BCUT2D eigenvalue weighted by Gasteiger charge is -2.11. The van der Waals surface area contributed by atoms with Crippen LogP contribution in [0.5, 0.6) is 0 Å². The van der Waals surface area contributed by atoms with Crippen LogP contribution < -0.4 is 5.73 Å². The van der Waals surface area contributed by atoms with Crippen LogP contribution in [-0.4, -0.2) is 9.55 Å². The zero-order chi connectivity index (χ0) is 13.6. The number of fused-ring (bicyclic) bond motifs is 1. The van der Waals surface area contributed by atoms with Crippen LogP contribution in [-0.2, 0) is 0 Å². The molecule has 0 amide bonds. The predicted octanol–water partition coefficient (Wildman–Crippen LogP) is 4.22. The molecule has 0 aliphatic rings. The van der Waals surface area contributed by atoms with Gasteiger partial charge in [0.1, 0.15) is 0 Å². The van der Waals surface area contributed by atoms with Gasteiger partial charge in [0.05, 0.1) is 26.8 Å². The van der Waals surface area contributed by atoms with E-state index in [9.17, 15) is 0 Å². The fourth-order valence-electron chi connectivity index (χ4n) is 2.24. The van der Waals surface area contributed by atoms with Gasteiger partial charge in [0, 0.05) is 0 Å². The van der Waals surface area contributed by atoms with E-state index in [1.54, 1.807) is 22.8 Å². The number of hydrogen-bond donors (Lipinski definition) is 1. The third-order valence-electron chi connectivity index (χ3n) is 3.07. The standard InChI is InChI=1S/C14H11Cl2N3/c1-8-4-2-7-11-12(8)19(14(17)18-11)13-9(15)5-3-6-10(13)16/h2-7H,1H3,(H2,17,18). The molecule has 3 nitrogen and oxygen atoms in total. The van der Waals surface area contributed by atoms with Crippen molar-refractivity contribution in [3.63, 3.8) is 0 Å². The van der Waals surface area contributed by atoms with Crippen LogP contribution in [0.2, 0.25) is 10.0 Å². The van der Waals surface area contributed by atoms with Gasteiger partial charge in [-0.3, -0.25) is 4.57 Å². The van der Waals surface area contributed by atoms with Gasteiger partial charge in [-0.05, 0) is 30.7 Å². The number of benzene rings is 2. The maximum Gasteiger partial charge on any atom is 0.206 e. The third-order valence-corrected chi connectivity index (χ3v) is 3.68. The van der Waals surface area contributed by atoms with Gasteiger partial charge in [-0.1, -0.05) is 41.4 Å². The minimum Gasteiger partial charge on any atom is -0.369 e. The van der Waals surface area contributed by atoms with Crippen LogP contribution in [0.15, 0.2) is 36.4 Å². The van der Waals surface area contributed by atoms with Crippen molar-refractivity contribution in [1.82, 2.24) is 9.55 Å².